The number of hydrogen-bond acceptors (Lipinski definition) is 6. The van der Waals surface area contributed by atoms with Gasteiger partial charge in [0.05, 0.1) is 13.2 Å². The molecule has 2 rings (SSSR count). The topological polar surface area (TPSA) is 88.4 Å². The number of esters is 1. The largest absolute Gasteiger partial charge is 0.496 e. The van der Waals surface area contributed by atoms with Gasteiger partial charge in [0.1, 0.15) is 16.9 Å². The van der Waals surface area contributed by atoms with Gasteiger partial charge in [0.25, 0.3) is 5.91 Å². The van der Waals surface area contributed by atoms with Gasteiger partial charge in [-0.15, -0.1) is 11.8 Å². The molecule has 0 bridgehead atoms. The average molecular weight is 376 g/mol. The standard InChI is InChI=1S/C19H24N2O4S/c1-13(17(22)21-19(12-20)9-5-4-6-10-19)25-18(23)15-8-7-14(26-3)11-16(15)24-2/h7-8,11,13H,4-6,9-10H2,1-3H3,(H,21,22)/t13-/m1/s1. The number of nitriles is 1. The normalized spacial score (nSPS) is 16.8. The summed E-state index contributed by atoms with van der Waals surface area (Å²) in [5, 5.41) is 12.2. The lowest BCUT2D eigenvalue weighted by molar-refractivity contribution is -0.130. The number of carbonyl (C=O) groups is 2. The molecule has 6 nitrogen and oxygen atoms in total. The summed E-state index contributed by atoms with van der Waals surface area (Å²) >= 11 is 1.53. The van der Waals surface area contributed by atoms with Crippen molar-refractivity contribution >= 4 is 23.6 Å². The van der Waals surface area contributed by atoms with Crippen LogP contribution in [0.2, 0.25) is 0 Å². The van der Waals surface area contributed by atoms with Crippen LogP contribution in [-0.2, 0) is 9.53 Å². The Balaban J connectivity index is 2.04. The molecular weight excluding hydrogens is 352 g/mol. The number of carbonyl (C=O) groups excluding carboxylic acids is 2. The minimum absolute atomic E-state index is 0.262. The summed E-state index contributed by atoms with van der Waals surface area (Å²) in [5.41, 5.74) is -0.592. The number of nitrogens with one attached hydrogen (secondary N) is 1. The van der Waals surface area contributed by atoms with Crippen molar-refractivity contribution in [2.75, 3.05) is 13.4 Å². The number of nitrogens with zero attached hydrogens (tertiary/aromatic N) is 1. The maximum atomic E-state index is 12.4. The highest BCUT2D eigenvalue weighted by molar-refractivity contribution is 7.98. The van der Waals surface area contributed by atoms with E-state index in [0.717, 1.165) is 24.2 Å². The van der Waals surface area contributed by atoms with Gasteiger partial charge in [-0.1, -0.05) is 19.3 Å². The molecule has 1 aliphatic rings. The van der Waals surface area contributed by atoms with Crippen molar-refractivity contribution in [2.45, 2.75) is 55.6 Å². The summed E-state index contributed by atoms with van der Waals surface area (Å²) in [6, 6.07) is 7.39. The van der Waals surface area contributed by atoms with Crippen LogP contribution >= 0.6 is 11.8 Å². The lowest BCUT2D eigenvalue weighted by Crippen LogP contribution is -2.52. The lowest BCUT2D eigenvalue weighted by atomic mass is 9.83. The predicted octanol–water partition coefficient (Wildman–Crippen LogP) is 3.31. The first-order valence-electron chi connectivity index (χ1n) is 8.61. The molecule has 1 saturated carbocycles. The molecule has 1 N–H and O–H groups in total. The van der Waals surface area contributed by atoms with Crippen LogP contribution in [0.15, 0.2) is 23.1 Å². The number of thioether (sulfide) groups is 1. The zero-order chi connectivity index (χ0) is 19.2. The number of rotatable bonds is 6. The third kappa shape index (κ3) is 4.70. The van der Waals surface area contributed by atoms with Crippen LogP contribution in [0.25, 0.3) is 0 Å². The van der Waals surface area contributed by atoms with Crippen molar-refractivity contribution in [3.63, 3.8) is 0 Å². The molecule has 0 radical (unpaired) electrons. The Hall–Kier alpha value is -2.20. The Morgan fingerprint density at radius 3 is 2.58 bits per heavy atom. The van der Waals surface area contributed by atoms with E-state index >= 15 is 0 Å². The van der Waals surface area contributed by atoms with E-state index in [-0.39, 0.29) is 5.56 Å². The highest BCUT2D eigenvalue weighted by Crippen LogP contribution is 2.28. The van der Waals surface area contributed by atoms with E-state index in [2.05, 4.69) is 11.4 Å². The van der Waals surface area contributed by atoms with Gasteiger partial charge < -0.3 is 14.8 Å². The number of methoxy groups -OCH3 is 1. The molecule has 140 valence electrons. The van der Waals surface area contributed by atoms with Crippen molar-refractivity contribution < 1.29 is 19.1 Å². The minimum Gasteiger partial charge on any atom is -0.496 e. The van der Waals surface area contributed by atoms with Gasteiger partial charge >= 0.3 is 5.97 Å². The summed E-state index contributed by atoms with van der Waals surface area (Å²) in [6.07, 6.45) is 5.05. The second kappa shape index (κ2) is 8.95. The van der Waals surface area contributed by atoms with Gasteiger partial charge in [0.15, 0.2) is 6.10 Å². The van der Waals surface area contributed by atoms with Gasteiger partial charge in [-0.05, 0) is 44.2 Å². The highest BCUT2D eigenvalue weighted by Gasteiger charge is 2.35. The Bertz CT molecular complexity index is 708. The number of amides is 1. The van der Waals surface area contributed by atoms with Crippen LogP contribution in [0.4, 0.5) is 0 Å². The van der Waals surface area contributed by atoms with Crippen LogP contribution in [0, 0.1) is 11.3 Å². The fraction of sp³-hybridized carbons (Fsp3) is 0.526. The van der Waals surface area contributed by atoms with Gasteiger partial charge in [0.2, 0.25) is 0 Å². The minimum atomic E-state index is -1.00. The van der Waals surface area contributed by atoms with Gasteiger partial charge in [-0.25, -0.2) is 4.79 Å². The SMILES string of the molecule is COc1cc(SC)ccc1C(=O)O[C@H](C)C(=O)NC1(C#N)CCCCC1. The van der Waals surface area contributed by atoms with Crippen molar-refractivity contribution in [2.24, 2.45) is 0 Å². The van der Waals surface area contributed by atoms with Gasteiger partial charge in [0, 0.05) is 4.90 Å². The Kier molecular flexibility index (Phi) is 6.92. The molecule has 26 heavy (non-hydrogen) atoms. The summed E-state index contributed by atoms with van der Waals surface area (Å²) in [7, 11) is 1.48. The van der Waals surface area contributed by atoms with Gasteiger partial charge in [-0.2, -0.15) is 5.26 Å². The summed E-state index contributed by atoms with van der Waals surface area (Å²) in [4.78, 5) is 25.8. The quantitative estimate of drug-likeness (QED) is 0.605. The predicted molar refractivity (Wildman–Crippen MR) is 99.2 cm³/mol. The third-order valence-electron chi connectivity index (χ3n) is 4.57. The summed E-state index contributed by atoms with van der Waals surface area (Å²) in [6.45, 7) is 1.50. The van der Waals surface area contributed by atoms with E-state index in [1.54, 1.807) is 18.2 Å². The molecular formula is C19H24N2O4S. The molecule has 1 aliphatic carbocycles. The first-order chi connectivity index (χ1) is 12.4. The molecule has 0 aliphatic heterocycles. The number of hydrogen-bond donors (Lipinski definition) is 1. The van der Waals surface area contributed by atoms with Crippen LogP contribution < -0.4 is 10.1 Å². The van der Waals surface area contributed by atoms with E-state index in [0.29, 0.717) is 18.6 Å². The molecule has 1 aromatic rings. The average Bonchev–Trinajstić information content (AvgIpc) is 2.67. The molecule has 0 heterocycles. The van der Waals surface area contributed by atoms with E-state index < -0.39 is 23.5 Å². The van der Waals surface area contributed by atoms with Crippen molar-refractivity contribution in [3.05, 3.63) is 23.8 Å². The molecule has 1 amide bonds. The molecule has 1 atom stereocenters. The fourth-order valence-corrected chi connectivity index (χ4v) is 3.43. The Morgan fingerprint density at radius 1 is 1.31 bits per heavy atom. The highest BCUT2D eigenvalue weighted by atomic mass is 32.2. The lowest BCUT2D eigenvalue weighted by Gasteiger charge is -2.32. The molecule has 1 aromatic carbocycles. The van der Waals surface area contributed by atoms with Crippen molar-refractivity contribution in [1.82, 2.24) is 5.32 Å². The zero-order valence-corrected chi connectivity index (χ0v) is 16.1. The molecule has 0 aromatic heterocycles. The van der Waals surface area contributed by atoms with Crippen LogP contribution in [-0.4, -0.2) is 36.9 Å². The summed E-state index contributed by atoms with van der Waals surface area (Å²) < 4.78 is 10.5. The van der Waals surface area contributed by atoms with E-state index in [1.807, 2.05) is 6.26 Å². The Morgan fingerprint density at radius 2 is 2.00 bits per heavy atom. The Labute approximate surface area is 158 Å². The molecule has 0 saturated heterocycles. The fourth-order valence-electron chi connectivity index (χ4n) is 3.00. The first kappa shape index (κ1) is 20.1. The van der Waals surface area contributed by atoms with E-state index in [9.17, 15) is 14.9 Å². The second-order valence-electron chi connectivity index (χ2n) is 6.36. The number of benzene rings is 1. The zero-order valence-electron chi connectivity index (χ0n) is 15.3. The van der Waals surface area contributed by atoms with Crippen LogP contribution in [0.3, 0.4) is 0 Å². The maximum absolute atomic E-state index is 12.4. The van der Waals surface area contributed by atoms with E-state index in [4.69, 9.17) is 9.47 Å². The number of ether oxygens (including phenoxy) is 2. The second-order valence-corrected chi connectivity index (χ2v) is 7.24. The monoisotopic (exact) mass is 376 g/mol. The first-order valence-corrected chi connectivity index (χ1v) is 9.83. The molecule has 0 unspecified atom stereocenters. The molecule has 7 heteroatoms. The third-order valence-corrected chi connectivity index (χ3v) is 5.29. The van der Waals surface area contributed by atoms with Gasteiger partial charge in [-0.3, -0.25) is 4.79 Å². The molecule has 0 spiro atoms. The van der Waals surface area contributed by atoms with E-state index in [1.165, 1.54) is 25.8 Å². The molecule has 1 fully saturated rings. The van der Waals surface area contributed by atoms with Crippen molar-refractivity contribution in [1.29, 1.82) is 5.26 Å². The van der Waals surface area contributed by atoms with Crippen LogP contribution in [0.5, 0.6) is 5.75 Å². The van der Waals surface area contributed by atoms with Crippen molar-refractivity contribution in [3.8, 4) is 11.8 Å². The smallest absolute Gasteiger partial charge is 0.342 e. The van der Waals surface area contributed by atoms with Crippen LogP contribution in [0.1, 0.15) is 49.4 Å². The summed E-state index contributed by atoms with van der Waals surface area (Å²) in [5.74, 6) is -0.691. The maximum Gasteiger partial charge on any atom is 0.342 e.